The monoisotopic (exact) mass is 901 g/mol. The molecule has 17 heteroatoms. The highest BCUT2D eigenvalue weighted by Gasteiger charge is 2.28. The van der Waals surface area contributed by atoms with Gasteiger partial charge >= 0.3 is 27.6 Å². The van der Waals surface area contributed by atoms with Crippen LogP contribution in [0.3, 0.4) is 0 Å². The molecule has 60 heavy (non-hydrogen) atoms. The van der Waals surface area contributed by atoms with Crippen molar-refractivity contribution in [2.45, 2.75) is 199 Å². The van der Waals surface area contributed by atoms with Gasteiger partial charge in [-0.15, -0.1) is 0 Å². The molecule has 0 amide bonds. The molecule has 0 spiro atoms. The molecule has 0 rings (SSSR count). The maximum atomic E-state index is 12.1. The summed E-state index contributed by atoms with van der Waals surface area (Å²) in [5, 5.41) is 29.9. The van der Waals surface area contributed by atoms with Crippen molar-refractivity contribution in [1.29, 1.82) is 0 Å². The van der Waals surface area contributed by atoms with Crippen molar-refractivity contribution in [1.82, 2.24) is 0 Å². The summed E-state index contributed by atoms with van der Waals surface area (Å²) >= 11 is 0. The number of carbonyl (C=O) groups excluding carboxylic acids is 2. The van der Waals surface area contributed by atoms with E-state index < -0.39 is 85.5 Å². The lowest BCUT2D eigenvalue weighted by molar-refractivity contribution is -0.148. The van der Waals surface area contributed by atoms with Crippen molar-refractivity contribution in [2.75, 3.05) is 39.6 Å². The number of phosphoric acid groups is 2. The van der Waals surface area contributed by atoms with Crippen LogP contribution in [0.1, 0.15) is 181 Å². The fourth-order valence-corrected chi connectivity index (χ4v) is 7.44. The lowest BCUT2D eigenvalue weighted by Gasteiger charge is -2.19. The van der Waals surface area contributed by atoms with Gasteiger partial charge < -0.3 is 34.6 Å². The van der Waals surface area contributed by atoms with E-state index in [1.54, 1.807) is 0 Å². The third-order valence-electron chi connectivity index (χ3n) is 9.44. The number of aliphatic hydroxyl groups is 3. The van der Waals surface area contributed by atoms with Gasteiger partial charge in [0.1, 0.15) is 31.5 Å². The number of rotatable bonds is 44. The topological polar surface area (TPSA) is 225 Å². The predicted molar refractivity (Wildman–Crippen MR) is 233 cm³/mol. The van der Waals surface area contributed by atoms with Gasteiger partial charge in [0.25, 0.3) is 0 Å². The Morgan fingerprint density at radius 1 is 0.433 bits per heavy atom. The Labute approximate surface area is 361 Å². The molecule has 0 saturated heterocycles. The second kappa shape index (κ2) is 40.3. The molecule has 0 radical (unpaired) electrons. The van der Waals surface area contributed by atoms with Gasteiger partial charge in [0.2, 0.25) is 0 Å². The highest BCUT2D eigenvalue weighted by Crippen LogP contribution is 2.45. The van der Waals surface area contributed by atoms with Crippen LogP contribution in [0.25, 0.3) is 0 Å². The molecule has 0 saturated carbocycles. The van der Waals surface area contributed by atoms with Crippen LogP contribution in [0, 0.1) is 0 Å². The number of esters is 2. The molecule has 0 aliphatic rings. The van der Waals surface area contributed by atoms with E-state index in [4.69, 9.17) is 9.47 Å². The fraction of sp³-hybridized carbons (Fsp3) is 0.860. The van der Waals surface area contributed by atoms with E-state index in [1.165, 1.54) is 77.0 Å². The number of aliphatic hydroxyl groups excluding tert-OH is 3. The molecular formula is C43H82O15P2. The maximum Gasteiger partial charge on any atom is 0.472 e. The Kier molecular flexibility index (Phi) is 39.3. The first-order valence-corrected chi connectivity index (χ1v) is 25.7. The van der Waals surface area contributed by atoms with Gasteiger partial charge in [0.15, 0.2) is 0 Å². The molecule has 0 aliphatic heterocycles. The summed E-state index contributed by atoms with van der Waals surface area (Å²) in [6, 6.07) is 0. The molecule has 5 N–H and O–H groups in total. The average molecular weight is 901 g/mol. The fourth-order valence-electron chi connectivity index (χ4n) is 5.85. The second-order valence-electron chi connectivity index (χ2n) is 15.5. The summed E-state index contributed by atoms with van der Waals surface area (Å²) in [5.41, 5.74) is 0. The van der Waals surface area contributed by atoms with Crippen molar-refractivity contribution in [3.63, 3.8) is 0 Å². The first kappa shape index (κ1) is 58.5. The number of phosphoric ester groups is 2. The zero-order valence-electron chi connectivity index (χ0n) is 36.9. The van der Waals surface area contributed by atoms with E-state index in [9.17, 15) is 43.8 Å². The third-order valence-corrected chi connectivity index (χ3v) is 11.3. The highest BCUT2D eigenvalue weighted by atomic mass is 31.2. The summed E-state index contributed by atoms with van der Waals surface area (Å²) in [7, 11) is -9.56. The summed E-state index contributed by atoms with van der Waals surface area (Å²) < 4.78 is 52.9. The minimum Gasteiger partial charge on any atom is -0.463 e. The Morgan fingerprint density at radius 2 is 0.700 bits per heavy atom. The molecule has 0 bridgehead atoms. The van der Waals surface area contributed by atoms with Crippen molar-refractivity contribution in [2.24, 2.45) is 0 Å². The molecule has 15 nitrogen and oxygen atoms in total. The smallest absolute Gasteiger partial charge is 0.463 e. The van der Waals surface area contributed by atoms with Crippen LogP contribution in [0.2, 0.25) is 0 Å². The summed E-state index contributed by atoms with van der Waals surface area (Å²) in [5.74, 6) is -1.00. The van der Waals surface area contributed by atoms with Crippen LogP contribution in [0.5, 0.6) is 0 Å². The molecule has 354 valence electrons. The maximum absolute atomic E-state index is 12.1. The number of ether oxygens (including phenoxy) is 2. The number of hydrogen-bond donors (Lipinski definition) is 5. The van der Waals surface area contributed by atoms with Crippen LogP contribution in [-0.4, -0.2) is 95.0 Å². The van der Waals surface area contributed by atoms with Gasteiger partial charge in [0, 0.05) is 12.8 Å². The van der Waals surface area contributed by atoms with Gasteiger partial charge in [0.05, 0.1) is 26.4 Å². The normalized spacial score (nSPS) is 15.5. The van der Waals surface area contributed by atoms with Crippen LogP contribution in [0.15, 0.2) is 24.3 Å². The molecule has 0 heterocycles. The first-order chi connectivity index (χ1) is 28.8. The summed E-state index contributed by atoms with van der Waals surface area (Å²) in [6.07, 6.45) is 31.7. The first-order valence-electron chi connectivity index (χ1n) is 22.7. The minimum absolute atomic E-state index is 0.184. The molecule has 0 fully saturated rings. The highest BCUT2D eigenvalue weighted by molar-refractivity contribution is 7.47. The van der Waals surface area contributed by atoms with Gasteiger partial charge in [-0.1, -0.05) is 154 Å². The van der Waals surface area contributed by atoms with Gasteiger partial charge in [-0.25, -0.2) is 9.13 Å². The van der Waals surface area contributed by atoms with Crippen molar-refractivity contribution >= 4 is 27.6 Å². The van der Waals surface area contributed by atoms with Gasteiger partial charge in [-0.05, 0) is 38.5 Å². The largest absolute Gasteiger partial charge is 0.472 e. The number of unbranched alkanes of at least 4 members (excludes halogenated alkanes) is 21. The lowest BCUT2D eigenvalue weighted by Crippen LogP contribution is -2.25. The number of allylic oxidation sites excluding steroid dienone is 4. The van der Waals surface area contributed by atoms with E-state index in [-0.39, 0.29) is 12.8 Å². The minimum atomic E-state index is -4.78. The Hall–Kier alpha value is -1.48. The van der Waals surface area contributed by atoms with Crippen LogP contribution in [0.4, 0.5) is 0 Å². The molecule has 5 unspecified atom stereocenters. The lowest BCUT2D eigenvalue weighted by atomic mass is 10.0. The molecule has 0 aromatic heterocycles. The standard InChI is InChI=1S/C43H82O15P2/c1-3-5-7-9-11-13-15-17-18-20-22-24-26-28-30-32-43(48)54-34-40(45)36-56-60(51,52)58-38-41(46)37-57-59(49,50)55-35-39(44)33-53-42(47)31-29-27-25-23-21-19-16-14-12-10-8-6-4-2/h11,13,15,17,39-41,44-46H,3-10,12,14,16,18-38H2,1-2H3,(H,49,50)(H,51,52)/b13-11+,17-15+. The average Bonchev–Trinajstić information content (AvgIpc) is 3.22. The summed E-state index contributed by atoms with van der Waals surface area (Å²) in [6.45, 7) is 0.379. The molecule has 0 aromatic carbocycles. The predicted octanol–water partition coefficient (Wildman–Crippen LogP) is 9.72. The number of hydrogen-bond acceptors (Lipinski definition) is 13. The van der Waals surface area contributed by atoms with Gasteiger partial charge in [-0.2, -0.15) is 0 Å². The van der Waals surface area contributed by atoms with Crippen molar-refractivity contribution in [3.8, 4) is 0 Å². The Morgan fingerprint density at radius 3 is 1.05 bits per heavy atom. The van der Waals surface area contributed by atoms with E-state index in [1.807, 2.05) is 0 Å². The number of carbonyl (C=O) groups is 2. The molecule has 0 aliphatic carbocycles. The molecular weight excluding hydrogens is 818 g/mol. The SMILES string of the molecule is CCCCC/C=C/C=C/CCCCCCCCC(=O)OCC(O)COP(=O)(O)OCC(O)COP(=O)(O)OCC(O)COC(=O)CCCCCCCCCCCCCCC. The van der Waals surface area contributed by atoms with Crippen molar-refractivity contribution in [3.05, 3.63) is 24.3 Å². The zero-order valence-corrected chi connectivity index (χ0v) is 38.7. The molecule has 5 atom stereocenters. The van der Waals surface area contributed by atoms with Crippen LogP contribution in [-0.2, 0) is 46.3 Å². The van der Waals surface area contributed by atoms with E-state index in [0.717, 1.165) is 64.2 Å². The Balaban J connectivity index is 3.91. The van der Waals surface area contributed by atoms with E-state index in [2.05, 4.69) is 56.2 Å². The summed E-state index contributed by atoms with van der Waals surface area (Å²) in [4.78, 5) is 43.6. The van der Waals surface area contributed by atoms with Crippen LogP contribution < -0.4 is 0 Å². The van der Waals surface area contributed by atoms with Gasteiger partial charge in [-0.3, -0.25) is 27.7 Å². The zero-order chi connectivity index (χ0) is 44.6. The second-order valence-corrected chi connectivity index (χ2v) is 18.4. The quantitative estimate of drug-likeness (QED) is 0.0166. The van der Waals surface area contributed by atoms with E-state index in [0.29, 0.717) is 12.8 Å². The molecule has 0 aromatic rings. The third kappa shape index (κ3) is 41.9. The Bertz CT molecular complexity index is 1190. The van der Waals surface area contributed by atoms with E-state index >= 15 is 0 Å². The van der Waals surface area contributed by atoms with Crippen molar-refractivity contribution < 1.29 is 71.4 Å². The van der Waals surface area contributed by atoms with Crippen LogP contribution >= 0.6 is 15.6 Å².